The molecule has 2 aliphatic rings. The predicted octanol–water partition coefficient (Wildman–Crippen LogP) is 3.07. The first-order chi connectivity index (χ1) is 17.9. The van der Waals surface area contributed by atoms with Crippen LogP contribution in [0.3, 0.4) is 0 Å². The number of nitrogens with one attached hydrogen (secondary N) is 3. The Morgan fingerprint density at radius 2 is 1.81 bits per heavy atom. The Morgan fingerprint density at radius 3 is 2.49 bits per heavy atom. The SMILES string of the molecule is CCNC(=O)Nc1ccc(C2NC3N(C(=O)OCC)C=CC(=O)N3C2CN(C)Cc2ccccc2)cc1. The molecule has 2 heterocycles. The topological polar surface area (TPSA) is 106 Å². The fourth-order valence-corrected chi connectivity index (χ4v) is 4.76. The molecule has 10 heteroatoms. The highest BCUT2D eigenvalue weighted by Gasteiger charge is 2.49. The normalized spacial score (nSPS) is 20.6. The van der Waals surface area contributed by atoms with Crippen LogP contribution in [0.4, 0.5) is 15.3 Å². The largest absolute Gasteiger partial charge is 0.449 e. The first kappa shape index (κ1) is 26.2. The quantitative estimate of drug-likeness (QED) is 0.508. The molecule has 10 nitrogen and oxygen atoms in total. The first-order valence-corrected chi connectivity index (χ1v) is 12.5. The maximum atomic E-state index is 13.1. The first-order valence-electron chi connectivity index (χ1n) is 12.5. The lowest BCUT2D eigenvalue weighted by molar-refractivity contribution is -0.133. The van der Waals surface area contributed by atoms with Gasteiger partial charge in [-0.3, -0.25) is 19.9 Å². The number of fused-ring (bicyclic) bond motifs is 1. The van der Waals surface area contributed by atoms with E-state index in [4.69, 9.17) is 4.74 Å². The summed E-state index contributed by atoms with van der Waals surface area (Å²) in [5.41, 5.74) is 2.77. The maximum absolute atomic E-state index is 13.1. The van der Waals surface area contributed by atoms with Crippen molar-refractivity contribution in [3.05, 3.63) is 78.0 Å². The summed E-state index contributed by atoms with van der Waals surface area (Å²) >= 11 is 0. The molecule has 0 aliphatic carbocycles. The molecule has 3 N–H and O–H groups in total. The monoisotopic (exact) mass is 506 g/mol. The van der Waals surface area contributed by atoms with Gasteiger partial charge in [0.15, 0.2) is 6.29 Å². The molecular formula is C27H34N6O4. The predicted molar refractivity (Wildman–Crippen MR) is 140 cm³/mol. The molecule has 0 radical (unpaired) electrons. The van der Waals surface area contributed by atoms with Crippen LogP contribution in [0, 0.1) is 0 Å². The number of hydrogen-bond acceptors (Lipinski definition) is 6. The zero-order valence-electron chi connectivity index (χ0n) is 21.4. The number of hydrogen-bond donors (Lipinski definition) is 3. The minimum absolute atomic E-state index is 0.173. The van der Waals surface area contributed by atoms with Gasteiger partial charge in [-0.05, 0) is 44.2 Å². The molecule has 4 rings (SSSR count). The average molecular weight is 507 g/mol. The smallest absolute Gasteiger partial charge is 0.416 e. The zero-order chi connectivity index (χ0) is 26.4. The maximum Gasteiger partial charge on any atom is 0.416 e. The highest BCUT2D eigenvalue weighted by molar-refractivity contribution is 5.91. The Morgan fingerprint density at radius 1 is 1.08 bits per heavy atom. The van der Waals surface area contributed by atoms with Crippen LogP contribution in [-0.4, -0.2) is 71.8 Å². The van der Waals surface area contributed by atoms with E-state index in [0.717, 1.165) is 5.56 Å². The van der Waals surface area contributed by atoms with Gasteiger partial charge < -0.3 is 15.4 Å². The summed E-state index contributed by atoms with van der Waals surface area (Å²) < 4.78 is 5.23. The van der Waals surface area contributed by atoms with E-state index in [1.165, 1.54) is 22.7 Å². The van der Waals surface area contributed by atoms with Crippen molar-refractivity contribution in [3.63, 3.8) is 0 Å². The standard InChI is InChI=1S/C27H34N6O4/c1-4-28-25(35)29-21-13-11-20(12-14-21)24-22(18-31(3)17-19-9-7-6-8-10-19)33-23(34)15-16-32(26(33)30-24)27(36)37-5-2/h6-16,22,24,26,30H,4-5,17-18H2,1-3H3,(H2,28,29,35). The number of benzene rings is 2. The van der Waals surface area contributed by atoms with Crippen molar-refractivity contribution in [3.8, 4) is 0 Å². The van der Waals surface area contributed by atoms with Gasteiger partial charge in [0, 0.05) is 37.6 Å². The summed E-state index contributed by atoms with van der Waals surface area (Å²) in [5, 5.41) is 8.99. The minimum Gasteiger partial charge on any atom is -0.449 e. The molecule has 37 heavy (non-hydrogen) atoms. The molecule has 1 saturated heterocycles. The Hall–Kier alpha value is -3.89. The van der Waals surface area contributed by atoms with E-state index in [2.05, 4.69) is 33.0 Å². The number of ether oxygens (including phenoxy) is 1. The number of rotatable bonds is 8. The van der Waals surface area contributed by atoms with Gasteiger partial charge in [-0.25, -0.2) is 14.5 Å². The lowest BCUT2D eigenvalue weighted by Crippen LogP contribution is -2.57. The van der Waals surface area contributed by atoms with E-state index in [9.17, 15) is 14.4 Å². The molecule has 196 valence electrons. The lowest BCUT2D eigenvalue weighted by Gasteiger charge is -2.37. The molecule has 4 amide bonds. The van der Waals surface area contributed by atoms with Gasteiger partial charge in [-0.2, -0.15) is 0 Å². The molecule has 2 aromatic carbocycles. The number of anilines is 1. The van der Waals surface area contributed by atoms with E-state index < -0.39 is 12.4 Å². The second-order valence-electron chi connectivity index (χ2n) is 9.04. The van der Waals surface area contributed by atoms with Crippen molar-refractivity contribution in [2.24, 2.45) is 0 Å². The minimum atomic E-state index is -0.676. The van der Waals surface area contributed by atoms with Crippen molar-refractivity contribution in [2.75, 3.05) is 32.1 Å². The third kappa shape index (κ3) is 6.10. The molecule has 1 fully saturated rings. The Labute approximate surface area is 217 Å². The number of carbonyl (C=O) groups excluding carboxylic acids is 3. The van der Waals surface area contributed by atoms with Crippen LogP contribution >= 0.6 is 0 Å². The Bertz CT molecular complexity index is 1120. The molecule has 3 unspecified atom stereocenters. The summed E-state index contributed by atoms with van der Waals surface area (Å²) in [4.78, 5) is 43.0. The number of nitrogens with zero attached hydrogens (tertiary/aromatic N) is 3. The number of amides is 4. The van der Waals surface area contributed by atoms with Crippen molar-refractivity contribution in [1.29, 1.82) is 0 Å². The highest BCUT2D eigenvalue weighted by atomic mass is 16.6. The third-order valence-electron chi connectivity index (χ3n) is 6.37. The molecular weight excluding hydrogens is 472 g/mol. The van der Waals surface area contributed by atoms with E-state index in [0.29, 0.717) is 25.3 Å². The number of carbonyl (C=O) groups is 3. The molecule has 0 aromatic heterocycles. The van der Waals surface area contributed by atoms with Crippen molar-refractivity contribution in [2.45, 2.75) is 38.8 Å². The highest BCUT2D eigenvalue weighted by Crippen LogP contribution is 2.34. The van der Waals surface area contributed by atoms with E-state index in [1.54, 1.807) is 11.8 Å². The van der Waals surface area contributed by atoms with Crippen molar-refractivity contribution >= 4 is 23.7 Å². The zero-order valence-corrected chi connectivity index (χ0v) is 21.4. The van der Waals surface area contributed by atoms with E-state index >= 15 is 0 Å². The second-order valence-corrected chi connectivity index (χ2v) is 9.04. The van der Waals surface area contributed by atoms with Gasteiger partial charge in [-0.1, -0.05) is 42.5 Å². The summed E-state index contributed by atoms with van der Waals surface area (Å²) in [6.45, 7) is 5.65. The third-order valence-corrected chi connectivity index (χ3v) is 6.37. The van der Waals surface area contributed by atoms with Gasteiger partial charge >= 0.3 is 12.1 Å². The van der Waals surface area contributed by atoms with Crippen LogP contribution in [0.5, 0.6) is 0 Å². The summed E-state index contributed by atoms with van der Waals surface area (Å²) in [6.07, 6.45) is 1.68. The lowest BCUT2D eigenvalue weighted by atomic mass is 9.99. The number of urea groups is 1. The van der Waals surface area contributed by atoms with Gasteiger partial charge in [0.05, 0.1) is 18.7 Å². The second kappa shape index (κ2) is 11.9. The fraction of sp³-hybridized carbons (Fsp3) is 0.370. The molecule has 0 bridgehead atoms. The van der Waals surface area contributed by atoms with Crippen molar-refractivity contribution in [1.82, 2.24) is 25.3 Å². The van der Waals surface area contributed by atoms with Crippen LogP contribution < -0.4 is 16.0 Å². The van der Waals surface area contributed by atoms with Crippen LogP contribution in [0.1, 0.15) is 31.0 Å². The molecule has 2 aromatic rings. The molecule has 2 aliphatic heterocycles. The van der Waals surface area contributed by atoms with Gasteiger partial charge in [0.2, 0.25) is 0 Å². The summed E-state index contributed by atoms with van der Waals surface area (Å²) in [5.74, 6) is -0.173. The summed E-state index contributed by atoms with van der Waals surface area (Å²) in [6, 6.07) is 16.8. The Kier molecular flexibility index (Phi) is 8.42. The number of likely N-dealkylation sites (N-methyl/N-ethyl adjacent to an activating group) is 1. The van der Waals surface area contributed by atoms with Gasteiger partial charge in [0.25, 0.3) is 5.91 Å². The van der Waals surface area contributed by atoms with Crippen LogP contribution in [-0.2, 0) is 16.1 Å². The van der Waals surface area contributed by atoms with Gasteiger partial charge in [0.1, 0.15) is 0 Å². The molecule has 0 spiro atoms. The average Bonchev–Trinajstić information content (AvgIpc) is 3.25. The van der Waals surface area contributed by atoms with Gasteiger partial charge in [-0.15, -0.1) is 0 Å². The molecule has 3 atom stereocenters. The van der Waals surface area contributed by atoms with Crippen LogP contribution in [0.15, 0.2) is 66.9 Å². The van der Waals surface area contributed by atoms with Crippen LogP contribution in [0.2, 0.25) is 0 Å². The fourth-order valence-electron chi connectivity index (χ4n) is 4.76. The molecule has 0 saturated carbocycles. The van der Waals surface area contributed by atoms with E-state index in [-0.39, 0.29) is 30.6 Å². The van der Waals surface area contributed by atoms with Crippen LogP contribution in [0.25, 0.3) is 0 Å². The van der Waals surface area contributed by atoms with E-state index in [1.807, 2.05) is 56.4 Å². The Balaban J connectivity index is 1.60. The van der Waals surface area contributed by atoms with Crippen molar-refractivity contribution < 1.29 is 19.1 Å². The summed E-state index contributed by atoms with van der Waals surface area (Å²) in [7, 11) is 2.02.